The zero-order chi connectivity index (χ0) is 25.3. The van der Waals surface area contributed by atoms with Crippen molar-refractivity contribution < 1.29 is 19.2 Å². The fourth-order valence-electron chi connectivity index (χ4n) is 4.87. The first-order chi connectivity index (χ1) is 16.8. The third-order valence-electron chi connectivity index (χ3n) is 6.47. The number of non-ortho nitro benzene ring substituents is 1. The molecule has 1 saturated heterocycles. The Kier molecular flexibility index (Phi) is 5.81. The molecule has 0 unspecified atom stereocenters. The number of nitriles is 2. The first-order valence-electron chi connectivity index (χ1n) is 10.5. The van der Waals surface area contributed by atoms with E-state index in [0.717, 1.165) is 0 Å². The number of benzene rings is 2. The molecule has 2 aliphatic heterocycles. The molecule has 0 aliphatic carbocycles. The van der Waals surface area contributed by atoms with E-state index in [1.54, 1.807) is 24.3 Å². The Morgan fingerprint density at radius 3 is 2.49 bits per heavy atom. The molecular formula is C25H19N5O5. The SMILES string of the molecule is COc1ccc(C(=O)[C@@H]2[C@H](c3cccc([N+](=O)[O-])c3)[C@](C#N)(C(N)=O)[C@H]3C=CC(C#N)=CN23)cc1. The van der Waals surface area contributed by atoms with Gasteiger partial charge in [0, 0.05) is 29.8 Å². The summed E-state index contributed by atoms with van der Waals surface area (Å²) in [5.74, 6) is -2.06. The van der Waals surface area contributed by atoms with E-state index >= 15 is 0 Å². The number of allylic oxidation sites excluding steroid dienone is 2. The fraction of sp³-hybridized carbons (Fsp3) is 0.200. The Morgan fingerprint density at radius 1 is 1.20 bits per heavy atom. The third kappa shape index (κ3) is 3.58. The number of hydrogen-bond acceptors (Lipinski definition) is 8. The lowest BCUT2D eigenvalue weighted by molar-refractivity contribution is -0.384. The predicted octanol–water partition coefficient (Wildman–Crippen LogP) is 2.60. The molecule has 10 nitrogen and oxygen atoms in total. The van der Waals surface area contributed by atoms with Gasteiger partial charge in [-0.05, 0) is 35.9 Å². The van der Waals surface area contributed by atoms with Crippen molar-refractivity contribution in [2.24, 2.45) is 11.1 Å². The summed E-state index contributed by atoms with van der Waals surface area (Å²) in [5.41, 5.74) is 4.32. The standard InChI is InChI=1S/C25H19N5O5/c1-35-19-8-6-16(7-9-19)23(31)22-21(17-3-2-4-18(11-17)30(33)34)25(14-27,24(28)32)20-10-5-15(12-26)13-29(20)22/h2-11,13,20-22H,1H3,(H2,28,32)/t20-,21+,22+,25-/m1/s1. The molecule has 0 aromatic heterocycles. The molecule has 1 fully saturated rings. The van der Waals surface area contributed by atoms with Gasteiger partial charge in [0.15, 0.2) is 11.2 Å². The minimum Gasteiger partial charge on any atom is -0.497 e. The number of fused-ring (bicyclic) bond motifs is 1. The molecule has 10 heteroatoms. The molecule has 0 radical (unpaired) electrons. The zero-order valence-corrected chi connectivity index (χ0v) is 18.5. The van der Waals surface area contributed by atoms with Crippen LogP contribution in [0.1, 0.15) is 21.8 Å². The number of ketones is 1. The zero-order valence-electron chi connectivity index (χ0n) is 18.5. The van der Waals surface area contributed by atoms with Gasteiger partial charge in [0.1, 0.15) is 17.9 Å². The van der Waals surface area contributed by atoms with Gasteiger partial charge in [0.05, 0.1) is 29.7 Å². The average molecular weight is 469 g/mol. The molecule has 2 aromatic carbocycles. The van der Waals surface area contributed by atoms with Gasteiger partial charge < -0.3 is 15.4 Å². The van der Waals surface area contributed by atoms with E-state index in [4.69, 9.17) is 10.5 Å². The number of nitro groups is 1. The maximum atomic E-state index is 13.9. The summed E-state index contributed by atoms with van der Waals surface area (Å²) in [6.45, 7) is 0. The molecule has 4 rings (SSSR count). The molecule has 174 valence electrons. The molecule has 2 aromatic rings. The molecule has 1 amide bonds. The van der Waals surface area contributed by atoms with Crippen LogP contribution in [0.15, 0.2) is 72.5 Å². The lowest BCUT2D eigenvalue weighted by Crippen LogP contribution is -2.47. The molecule has 0 saturated carbocycles. The quantitative estimate of drug-likeness (QED) is 0.383. The summed E-state index contributed by atoms with van der Waals surface area (Å²) in [6, 6.07) is 13.7. The van der Waals surface area contributed by atoms with Gasteiger partial charge >= 0.3 is 0 Å². The van der Waals surface area contributed by atoms with Crippen LogP contribution in [0.2, 0.25) is 0 Å². The maximum Gasteiger partial charge on any atom is 0.269 e. The minimum atomic E-state index is -1.95. The van der Waals surface area contributed by atoms with Gasteiger partial charge in [0.2, 0.25) is 5.91 Å². The predicted molar refractivity (Wildman–Crippen MR) is 123 cm³/mol. The topological polar surface area (TPSA) is 163 Å². The molecule has 0 spiro atoms. The highest BCUT2D eigenvalue weighted by Gasteiger charge is 2.65. The first kappa shape index (κ1) is 23.2. The third-order valence-corrected chi connectivity index (χ3v) is 6.47. The number of amides is 1. The molecule has 35 heavy (non-hydrogen) atoms. The number of primary amides is 1. The highest BCUT2D eigenvalue weighted by atomic mass is 16.6. The first-order valence-corrected chi connectivity index (χ1v) is 10.5. The second kappa shape index (κ2) is 8.76. The maximum absolute atomic E-state index is 13.9. The van der Waals surface area contributed by atoms with Crippen molar-refractivity contribution in [3.05, 3.63) is 93.7 Å². The summed E-state index contributed by atoms with van der Waals surface area (Å²) in [4.78, 5) is 39.2. The number of carbonyl (C=O) groups is 2. The van der Waals surface area contributed by atoms with Gasteiger partial charge in [-0.1, -0.05) is 18.2 Å². The van der Waals surface area contributed by atoms with Gasteiger partial charge in [-0.3, -0.25) is 19.7 Å². The lowest BCUT2D eigenvalue weighted by atomic mass is 9.67. The number of rotatable bonds is 6. The average Bonchev–Trinajstić information content (AvgIpc) is 3.18. The summed E-state index contributed by atoms with van der Waals surface area (Å²) in [5, 5.41) is 31.3. The Hall–Kier alpha value is -4.96. The largest absolute Gasteiger partial charge is 0.497 e. The van der Waals surface area contributed by atoms with Crippen molar-refractivity contribution in [3.63, 3.8) is 0 Å². The van der Waals surface area contributed by atoms with Crippen molar-refractivity contribution in [1.29, 1.82) is 10.5 Å². The van der Waals surface area contributed by atoms with Crippen LogP contribution >= 0.6 is 0 Å². The number of nitrogens with two attached hydrogens (primary N) is 1. The van der Waals surface area contributed by atoms with Crippen molar-refractivity contribution in [2.45, 2.75) is 18.0 Å². The monoisotopic (exact) mass is 469 g/mol. The van der Waals surface area contributed by atoms with E-state index in [9.17, 15) is 30.2 Å². The number of hydrogen-bond donors (Lipinski definition) is 1. The van der Waals surface area contributed by atoms with Crippen molar-refractivity contribution in [3.8, 4) is 17.9 Å². The lowest BCUT2D eigenvalue weighted by Gasteiger charge is -2.31. The van der Waals surface area contributed by atoms with Gasteiger partial charge in [0.25, 0.3) is 5.69 Å². The van der Waals surface area contributed by atoms with Crippen LogP contribution in [0.4, 0.5) is 5.69 Å². The molecular weight excluding hydrogens is 450 g/mol. The Morgan fingerprint density at radius 2 is 1.91 bits per heavy atom. The summed E-state index contributed by atoms with van der Waals surface area (Å²) >= 11 is 0. The van der Waals surface area contributed by atoms with Crippen LogP contribution in [0.5, 0.6) is 5.75 Å². The van der Waals surface area contributed by atoms with E-state index in [2.05, 4.69) is 0 Å². The van der Waals surface area contributed by atoms with Crippen LogP contribution in [0.25, 0.3) is 0 Å². The van der Waals surface area contributed by atoms with Crippen LogP contribution in [0, 0.1) is 38.2 Å². The second-order valence-electron chi connectivity index (χ2n) is 8.16. The van der Waals surface area contributed by atoms with Gasteiger partial charge in [-0.2, -0.15) is 10.5 Å². The minimum absolute atomic E-state index is 0.213. The van der Waals surface area contributed by atoms with E-state index in [1.807, 2.05) is 12.1 Å². The highest BCUT2D eigenvalue weighted by Crippen LogP contribution is 2.54. The van der Waals surface area contributed by atoms with E-state index < -0.39 is 40.0 Å². The number of nitrogens with zero attached hydrogens (tertiary/aromatic N) is 4. The van der Waals surface area contributed by atoms with Gasteiger partial charge in [-0.15, -0.1) is 0 Å². The van der Waals surface area contributed by atoms with E-state index in [0.29, 0.717) is 5.75 Å². The highest BCUT2D eigenvalue weighted by molar-refractivity contribution is 6.03. The Labute approximate surface area is 200 Å². The smallest absolute Gasteiger partial charge is 0.269 e. The van der Waals surface area contributed by atoms with Crippen LogP contribution in [-0.4, -0.2) is 40.7 Å². The molecule has 2 aliphatic rings. The molecule has 0 bridgehead atoms. The van der Waals surface area contributed by atoms with Gasteiger partial charge in [-0.25, -0.2) is 0 Å². The van der Waals surface area contributed by atoms with Crippen molar-refractivity contribution in [2.75, 3.05) is 7.11 Å². The second-order valence-corrected chi connectivity index (χ2v) is 8.16. The number of carbonyl (C=O) groups excluding carboxylic acids is 2. The number of methoxy groups -OCH3 is 1. The fourth-order valence-corrected chi connectivity index (χ4v) is 4.87. The summed E-state index contributed by atoms with van der Waals surface area (Å²) < 4.78 is 5.15. The Bertz CT molecular complexity index is 1370. The Balaban J connectivity index is 1.98. The summed E-state index contributed by atoms with van der Waals surface area (Å²) in [6.07, 6.45) is 4.38. The summed E-state index contributed by atoms with van der Waals surface area (Å²) in [7, 11) is 1.49. The van der Waals surface area contributed by atoms with Crippen LogP contribution in [-0.2, 0) is 4.79 Å². The van der Waals surface area contributed by atoms with Crippen LogP contribution in [0.3, 0.4) is 0 Å². The van der Waals surface area contributed by atoms with Crippen molar-refractivity contribution >= 4 is 17.4 Å². The van der Waals surface area contributed by atoms with Crippen molar-refractivity contribution in [1.82, 2.24) is 4.90 Å². The molecule has 2 N–H and O–H groups in total. The van der Waals surface area contributed by atoms with E-state index in [-0.39, 0.29) is 22.4 Å². The number of Topliss-reactive ketones (excluding diaryl/α,β-unsaturated/α-hetero) is 1. The molecule has 2 heterocycles. The number of ether oxygens (including phenoxy) is 1. The normalized spacial score (nSPS) is 24.5. The molecule has 4 atom stereocenters. The van der Waals surface area contributed by atoms with E-state index in [1.165, 1.54) is 54.6 Å². The number of nitro benzene ring substituents is 1. The van der Waals surface area contributed by atoms with Crippen LogP contribution < -0.4 is 10.5 Å².